The molecule has 0 unspecified atom stereocenters. The summed E-state index contributed by atoms with van der Waals surface area (Å²) in [5, 5.41) is 19.3. The zero-order valence-corrected chi connectivity index (χ0v) is 9.82. The van der Waals surface area contributed by atoms with Crippen molar-refractivity contribution in [3.05, 3.63) is 58.0 Å². The van der Waals surface area contributed by atoms with Crippen molar-refractivity contribution < 1.29 is 24.0 Å². The molecule has 1 aromatic heterocycles. The van der Waals surface area contributed by atoms with Crippen molar-refractivity contribution >= 4 is 11.7 Å². The molecule has 102 valence electrons. The molecule has 0 fully saturated rings. The number of ether oxygens (including phenoxy) is 1. The normalized spacial score (nSPS) is 10.1. The summed E-state index contributed by atoms with van der Waals surface area (Å²) in [5.74, 6) is -2.30. The number of carboxylic acids is 1. The van der Waals surface area contributed by atoms with E-state index in [1.807, 2.05) is 0 Å². The van der Waals surface area contributed by atoms with Crippen LogP contribution < -0.4 is 4.74 Å². The van der Waals surface area contributed by atoms with E-state index in [0.29, 0.717) is 0 Å². The molecular weight excluding hydrogens is 271 g/mol. The molecule has 7 nitrogen and oxygen atoms in total. The minimum Gasteiger partial charge on any atom is -0.478 e. The average molecular weight is 278 g/mol. The first-order chi connectivity index (χ1) is 9.47. The van der Waals surface area contributed by atoms with Gasteiger partial charge in [0.25, 0.3) is 0 Å². The zero-order valence-electron chi connectivity index (χ0n) is 9.82. The minimum absolute atomic E-state index is 0.0249. The first-order valence-electron chi connectivity index (χ1n) is 5.28. The van der Waals surface area contributed by atoms with Crippen LogP contribution in [-0.2, 0) is 0 Å². The summed E-state index contributed by atoms with van der Waals surface area (Å²) in [7, 11) is 0. The van der Waals surface area contributed by atoms with Crippen molar-refractivity contribution in [2.45, 2.75) is 0 Å². The molecule has 1 heterocycles. The van der Waals surface area contributed by atoms with Gasteiger partial charge < -0.3 is 9.84 Å². The maximum atomic E-state index is 13.4. The van der Waals surface area contributed by atoms with E-state index < -0.39 is 22.4 Å². The van der Waals surface area contributed by atoms with E-state index in [9.17, 15) is 19.3 Å². The molecule has 0 atom stereocenters. The van der Waals surface area contributed by atoms with Crippen LogP contribution in [0.15, 0.2) is 36.5 Å². The quantitative estimate of drug-likeness (QED) is 0.681. The molecule has 0 aliphatic heterocycles. The fourth-order valence-corrected chi connectivity index (χ4v) is 1.42. The van der Waals surface area contributed by atoms with E-state index >= 15 is 0 Å². The van der Waals surface area contributed by atoms with Gasteiger partial charge in [0.15, 0.2) is 0 Å². The Morgan fingerprint density at radius 2 is 2.10 bits per heavy atom. The van der Waals surface area contributed by atoms with Crippen molar-refractivity contribution in [2.75, 3.05) is 0 Å². The van der Waals surface area contributed by atoms with Crippen molar-refractivity contribution in [3.63, 3.8) is 0 Å². The van der Waals surface area contributed by atoms with Crippen LogP contribution in [0, 0.1) is 15.9 Å². The van der Waals surface area contributed by atoms with Gasteiger partial charge in [-0.1, -0.05) is 0 Å². The monoisotopic (exact) mass is 278 g/mol. The van der Waals surface area contributed by atoms with E-state index in [4.69, 9.17) is 9.84 Å². The van der Waals surface area contributed by atoms with Crippen LogP contribution in [0.1, 0.15) is 10.4 Å². The van der Waals surface area contributed by atoms with Gasteiger partial charge in [0, 0.05) is 24.4 Å². The van der Waals surface area contributed by atoms with Gasteiger partial charge in [0.1, 0.15) is 5.75 Å². The highest BCUT2D eigenvalue weighted by Crippen LogP contribution is 2.25. The van der Waals surface area contributed by atoms with Gasteiger partial charge >= 0.3 is 11.7 Å². The Bertz CT molecular complexity index is 689. The first kappa shape index (κ1) is 13.4. The highest BCUT2D eigenvalue weighted by atomic mass is 19.1. The third-order valence-electron chi connectivity index (χ3n) is 2.32. The lowest BCUT2D eigenvalue weighted by Gasteiger charge is -2.05. The van der Waals surface area contributed by atoms with Crippen LogP contribution in [0.4, 0.5) is 10.1 Å². The summed E-state index contributed by atoms with van der Waals surface area (Å²) < 4.78 is 18.5. The molecule has 0 saturated heterocycles. The first-order valence-corrected chi connectivity index (χ1v) is 5.28. The van der Waals surface area contributed by atoms with E-state index in [0.717, 1.165) is 18.2 Å². The van der Waals surface area contributed by atoms with Gasteiger partial charge in [-0.25, -0.2) is 9.78 Å². The molecule has 0 spiro atoms. The molecule has 8 heteroatoms. The maximum absolute atomic E-state index is 13.4. The largest absolute Gasteiger partial charge is 0.478 e. The lowest BCUT2D eigenvalue weighted by Crippen LogP contribution is -1.98. The van der Waals surface area contributed by atoms with Crippen LogP contribution >= 0.6 is 0 Å². The average Bonchev–Trinajstić information content (AvgIpc) is 2.38. The fraction of sp³-hybridized carbons (Fsp3) is 0. The van der Waals surface area contributed by atoms with Crippen molar-refractivity contribution in [1.82, 2.24) is 4.98 Å². The predicted molar refractivity (Wildman–Crippen MR) is 64.3 cm³/mol. The molecule has 0 radical (unpaired) electrons. The number of hydrogen-bond acceptors (Lipinski definition) is 5. The number of carbonyl (C=O) groups is 1. The van der Waals surface area contributed by atoms with Crippen molar-refractivity contribution in [2.24, 2.45) is 0 Å². The molecule has 0 amide bonds. The maximum Gasteiger partial charge on any atom is 0.335 e. The van der Waals surface area contributed by atoms with Gasteiger partial charge in [-0.2, -0.15) is 4.39 Å². The molecule has 20 heavy (non-hydrogen) atoms. The smallest absolute Gasteiger partial charge is 0.335 e. The Labute approximate surface area is 111 Å². The van der Waals surface area contributed by atoms with Gasteiger partial charge in [-0.05, 0) is 12.1 Å². The standard InChI is InChI=1S/C12H7FN2O5/c13-9-6-8(1-2-10(9)15(18)19)20-11-5-7(12(16)17)3-4-14-11/h1-6H,(H,16,17). The third-order valence-corrected chi connectivity index (χ3v) is 2.32. The number of aromatic carboxylic acids is 1. The minimum atomic E-state index is -1.16. The molecular formula is C12H7FN2O5. The summed E-state index contributed by atoms with van der Waals surface area (Å²) >= 11 is 0. The summed E-state index contributed by atoms with van der Waals surface area (Å²) in [5.41, 5.74) is -0.720. The van der Waals surface area contributed by atoms with Crippen LogP contribution in [0.25, 0.3) is 0 Å². The van der Waals surface area contributed by atoms with Gasteiger partial charge in [0.2, 0.25) is 11.7 Å². The van der Waals surface area contributed by atoms with Crippen molar-refractivity contribution in [1.29, 1.82) is 0 Å². The highest BCUT2D eigenvalue weighted by Gasteiger charge is 2.15. The molecule has 2 aromatic rings. The van der Waals surface area contributed by atoms with Crippen LogP contribution in [-0.4, -0.2) is 21.0 Å². The number of aromatic nitrogens is 1. The SMILES string of the molecule is O=C(O)c1ccnc(Oc2ccc([N+](=O)[O-])c(F)c2)c1. The van der Waals surface area contributed by atoms with Gasteiger partial charge in [0.05, 0.1) is 10.5 Å². The molecule has 1 aromatic carbocycles. The Kier molecular flexibility index (Phi) is 3.56. The zero-order chi connectivity index (χ0) is 14.7. The highest BCUT2D eigenvalue weighted by molar-refractivity contribution is 5.87. The number of nitro benzene ring substituents is 1. The fourth-order valence-electron chi connectivity index (χ4n) is 1.42. The lowest BCUT2D eigenvalue weighted by atomic mass is 10.2. The second-order valence-electron chi connectivity index (χ2n) is 3.66. The Morgan fingerprint density at radius 3 is 2.70 bits per heavy atom. The summed E-state index contributed by atoms with van der Waals surface area (Å²) in [6.45, 7) is 0. The Balaban J connectivity index is 2.26. The Hall–Kier alpha value is -3.03. The van der Waals surface area contributed by atoms with E-state index in [2.05, 4.69) is 4.98 Å². The molecule has 2 rings (SSSR count). The number of rotatable bonds is 4. The number of halogens is 1. The van der Waals surface area contributed by atoms with E-state index in [1.54, 1.807) is 0 Å². The topological polar surface area (TPSA) is 103 Å². The van der Waals surface area contributed by atoms with Gasteiger partial charge in [-0.3, -0.25) is 10.1 Å². The van der Waals surface area contributed by atoms with Crippen LogP contribution in [0.2, 0.25) is 0 Å². The number of pyridine rings is 1. The van der Waals surface area contributed by atoms with Crippen molar-refractivity contribution in [3.8, 4) is 11.6 Å². The number of nitro groups is 1. The van der Waals surface area contributed by atoms with Gasteiger partial charge in [-0.15, -0.1) is 0 Å². The predicted octanol–water partition coefficient (Wildman–Crippen LogP) is 2.62. The van der Waals surface area contributed by atoms with E-state index in [1.165, 1.54) is 18.3 Å². The molecule has 1 N–H and O–H groups in total. The molecule has 0 aliphatic carbocycles. The summed E-state index contributed by atoms with van der Waals surface area (Å²) in [4.78, 5) is 24.1. The second-order valence-corrected chi connectivity index (χ2v) is 3.66. The third kappa shape index (κ3) is 2.86. The summed E-state index contributed by atoms with van der Waals surface area (Å²) in [6.07, 6.45) is 1.22. The number of carboxylic acid groups (broad SMARTS) is 1. The summed E-state index contributed by atoms with van der Waals surface area (Å²) in [6, 6.07) is 5.39. The van der Waals surface area contributed by atoms with E-state index in [-0.39, 0.29) is 17.2 Å². The number of hydrogen-bond donors (Lipinski definition) is 1. The molecule has 0 bridgehead atoms. The second kappa shape index (κ2) is 5.31. The Morgan fingerprint density at radius 1 is 1.35 bits per heavy atom. The number of benzene rings is 1. The molecule has 0 saturated carbocycles. The van der Waals surface area contributed by atoms with Crippen LogP contribution in [0.3, 0.4) is 0 Å². The van der Waals surface area contributed by atoms with Crippen LogP contribution in [0.5, 0.6) is 11.6 Å². The molecule has 0 aliphatic rings. The number of nitrogens with zero attached hydrogens (tertiary/aromatic N) is 2. The lowest BCUT2D eigenvalue weighted by molar-refractivity contribution is -0.387.